The summed E-state index contributed by atoms with van der Waals surface area (Å²) < 4.78 is 6.90. The highest BCUT2D eigenvalue weighted by Crippen LogP contribution is 2.19. The maximum absolute atomic E-state index is 12.5. The first-order valence-corrected chi connectivity index (χ1v) is 6.95. The van der Waals surface area contributed by atoms with Gasteiger partial charge >= 0.3 is 0 Å². The molecule has 2 aromatic rings. The first kappa shape index (κ1) is 11.4. The smallest absolute Gasteiger partial charge is 0.230 e. The molecular weight excluding hydrogens is 272 g/mol. The second-order valence-corrected chi connectivity index (χ2v) is 5.57. The second kappa shape index (κ2) is 4.02. The molecule has 3 nitrogen and oxygen atoms in total. The molecule has 0 aromatic heterocycles. The largest absolute Gasteiger partial charge is 0.450 e. The van der Waals surface area contributed by atoms with Gasteiger partial charge in [0.05, 0.1) is 4.70 Å². The summed E-state index contributed by atoms with van der Waals surface area (Å²) in [5.41, 5.74) is 0.404. The van der Waals surface area contributed by atoms with Gasteiger partial charge in [-0.05, 0) is 12.1 Å². The Balaban J connectivity index is 2.45. The molecule has 4 heteroatoms. The number of rotatable bonds is 0. The van der Waals surface area contributed by atoms with Crippen molar-refractivity contribution in [3.8, 4) is 0 Å². The van der Waals surface area contributed by atoms with Gasteiger partial charge < -0.3 is 4.42 Å². The topological polar surface area (TPSA) is 47.3 Å². The molecule has 0 radical (unpaired) electrons. The first-order chi connectivity index (χ1) is 9.75. The summed E-state index contributed by atoms with van der Waals surface area (Å²) in [5.74, 6) is 0. The van der Waals surface area contributed by atoms with E-state index in [1.165, 1.54) is 11.3 Å². The predicted molar refractivity (Wildman–Crippen MR) is 79.4 cm³/mol. The molecule has 96 valence electrons. The molecule has 0 bridgehead atoms. The summed E-state index contributed by atoms with van der Waals surface area (Å²) in [6, 6.07) is 14.2. The number of para-hydroxylation sites is 1. The fraction of sp³-hybridized carbons (Fsp3) is 0. The Morgan fingerprint density at radius 1 is 0.800 bits per heavy atom. The van der Waals surface area contributed by atoms with Crippen molar-refractivity contribution in [2.45, 2.75) is 0 Å². The van der Waals surface area contributed by atoms with E-state index in [4.69, 9.17) is 4.42 Å². The average Bonchev–Trinajstić information content (AvgIpc) is 2.51. The summed E-state index contributed by atoms with van der Waals surface area (Å²) in [5, 5.41) is 0.864. The zero-order valence-corrected chi connectivity index (χ0v) is 11.1. The van der Waals surface area contributed by atoms with Crippen molar-refractivity contribution in [1.29, 1.82) is 0 Å². The van der Waals surface area contributed by atoms with E-state index in [0.717, 1.165) is 4.70 Å². The van der Waals surface area contributed by atoms with Crippen molar-refractivity contribution in [2.24, 2.45) is 0 Å². The molecule has 0 atom stereocenters. The van der Waals surface area contributed by atoms with Crippen LogP contribution in [0.5, 0.6) is 0 Å². The van der Waals surface area contributed by atoms with Crippen molar-refractivity contribution in [1.82, 2.24) is 0 Å². The molecule has 1 heterocycles. The van der Waals surface area contributed by atoms with E-state index < -0.39 is 0 Å². The lowest BCUT2D eigenvalue weighted by Gasteiger charge is -1.99. The first-order valence-electron chi connectivity index (χ1n) is 6.13. The fourth-order valence-electron chi connectivity index (χ4n) is 2.35. The molecule has 0 N–H and O–H groups in total. The zero-order chi connectivity index (χ0) is 13.7. The van der Waals surface area contributed by atoms with E-state index in [1.54, 1.807) is 30.3 Å². The highest BCUT2D eigenvalue weighted by Gasteiger charge is 2.10. The molecule has 0 fully saturated rings. The van der Waals surface area contributed by atoms with Gasteiger partial charge in [0.15, 0.2) is 5.42 Å². The highest BCUT2D eigenvalue weighted by atomic mass is 32.1. The molecular formula is C16H8O3S. The molecule has 4 rings (SSSR count). The second-order valence-electron chi connectivity index (χ2n) is 4.51. The Kier molecular flexibility index (Phi) is 2.28. The minimum absolute atomic E-state index is 0.144. The van der Waals surface area contributed by atoms with Crippen LogP contribution in [0.2, 0.25) is 0 Å². The van der Waals surface area contributed by atoms with Crippen molar-refractivity contribution >= 4 is 32.4 Å². The molecule has 1 aliphatic carbocycles. The zero-order valence-electron chi connectivity index (χ0n) is 10.3. The number of fused-ring (bicyclic) bond motifs is 2. The Morgan fingerprint density at radius 3 is 2.25 bits per heavy atom. The van der Waals surface area contributed by atoms with Crippen molar-refractivity contribution in [3.63, 3.8) is 0 Å². The molecule has 0 spiro atoms. The maximum atomic E-state index is 12.5. The van der Waals surface area contributed by atoms with Gasteiger partial charge in [-0.15, -0.1) is 11.3 Å². The third kappa shape index (κ3) is 1.45. The van der Waals surface area contributed by atoms with Gasteiger partial charge in [0.25, 0.3) is 0 Å². The molecule has 20 heavy (non-hydrogen) atoms. The Hall–Kier alpha value is -2.46. The van der Waals surface area contributed by atoms with Crippen LogP contribution >= 0.6 is 11.3 Å². The Bertz CT molecular complexity index is 1050. The molecule has 0 unspecified atom stereocenters. The standard InChI is InChI=1S/C16H8O3S/c17-13-9-5-1-2-6-10(9)14(18)16-15(13)19-11-7-3-4-8-12(11)20-16/h1-8H. The van der Waals surface area contributed by atoms with Crippen molar-refractivity contribution < 1.29 is 4.42 Å². The summed E-state index contributed by atoms with van der Waals surface area (Å²) in [7, 11) is 0. The summed E-state index contributed by atoms with van der Waals surface area (Å²) in [4.78, 5) is 25.0. The van der Waals surface area contributed by atoms with E-state index >= 15 is 0 Å². The van der Waals surface area contributed by atoms with E-state index in [-0.39, 0.29) is 16.3 Å². The molecule has 0 saturated heterocycles. The lowest BCUT2D eigenvalue weighted by molar-refractivity contribution is 0.567. The highest BCUT2D eigenvalue weighted by molar-refractivity contribution is 7.16. The summed E-state index contributed by atoms with van der Waals surface area (Å²) >= 11 is 1.30. The normalized spacial score (nSPS) is 11.4. The van der Waals surface area contributed by atoms with E-state index in [9.17, 15) is 9.59 Å². The van der Waals surface area contributed by atoms with Crippen LogP contribution in [0.15, 0.2) is 62.5 Å². The number of hydrogen-bond donors (Lipinski definition) is 0. The van der Waals surface area contributed by atoms with Crippen LogP contribution in [0.3, 0.4) is 0 Å². The monoisotopic (exact) mass is 280 g/mol. The minimum Gasteiger partial charge on any atom is -0.450 e. The molecule has 2 aliphatic rings. The average molecular weight is 280 g/mol. The van der Waals surface area contributed by atoms with Crippen LogP contribution in [-0.2, 0) is 0 Å². The summed E-state index contributed by atoms with van der Waals surface area (Å²) in [6.07, 6.45) is 0. The molecule has 2 aromatic carbocycles. The Labute approximate surface area is 116 Å². The van der Waals surface area contributed by atoms with Crippen LogP contribution in [-0.4, -0.2) is 0 Å². The van der Waals surface area contributed by atoms with Gasteiger partial charge in [-0.25, -0.2) is 0 Å². The van der Waals surface area contributed by atoms with Crippen LogP contribution < -0.4 is 10.9 Å². The lowest BCUT2D eigenvalue weighted by Crippen LogP contribution is -2.13. The quantitative estimate of drug-likeness (QED) is 0.497. The third-order valence-electron chi connectivity index (χ3n) is 3.31. The molecule has 0 saturated carbocycles. The van der Waals surface area contributed by atoms with E-state index in [2.05, 4.69) is 0 Å². The molecule has 1 aliphatic heterocycles. The number of benzene rings is 2. The van der Waals surface area contributed by atoms with Crippen LogP contribution in [0.25, 0.3) is 21.1 Å². The molecule has 0 amide bonds. The van der Waals surface area contributed by atoms with E-state index in [1.807, 2.05) is 18.2 Å². The third-order valence-corrected chi connectivity index (χ3v) is 4.44. The minimum atomic E-state index is -0.225. The van der Waals surface area contributed by atoms with Gasteiger partial charge in [0.1, 0.15) is 10.1 Å². The van der Waals surface area contributed by atoms with Crippen molar-refractivity contribution in [2.75, 3.05) is 0 Å². The lowest BCUT2D eigenvalue weighted by atomic mass is 10.1. The maximum Gasteiger partial charge on any atom is 0.230 e. The van der Waals surface area contributed by atoms with E-state index in [0.29, 0.717) is 20.9 Å². The van der Waals surface area contributed by atoms with Gasteiger partial charge in [-0.2, -0.15) is 0 Å². The van der Waals surface area contributed by atoms with Crippen LogP contribution in [0.4, 0.5) is 0 Å². The van der Waals surface area contributed by atoms with Gasteiger partial charge in [0.2, 0.25) is 10.9 Å². The predicted octanol–water partition coefficient (Wildman–Crippen LogP) is 3.09. The fourth-order valence-corrected chi connectivity index (χ4v) is 3.36. The van der Waals surface area contributed by atoms with Gasteiger partial charge in [0, 0.05) is 10.8 Å². The van der Waals surface area contributed by atoms with Gasteiger partial charge in [-0.1, -0.05) is 36.4 Å². The SMILES string of the molecule is O=c1c2oc3ccccc3sc=2c(=O)c2ccccc12. The van der Waals surface area contributed by atoms with Crippen molar-refractivity contribution in [3.05, 3.63) is 78.9 Å². The van der Waals surface area contributed by atoms with Gasteiger partial charge in [-0.3, -0.25) is 9.59 Å². The summed E-state index contributed by atoms with van der Waals surface area (Å²) in [6.45, 7) is 0. The number of hydrogen-bond acceptors (Lipinski definition) is 4. The van der Waals surface area contributed by atoms with Crippen LogP contribution in [0, 0.1) is 9.95 Å². The Morgan fingerprint density at radius 2 is 1.45 bits per heavy atom. The van der Waals surface area contributed by atoms with Crippen LogP contribution in [0.1, 0.15) is 0 Å².